The van der Waals surface area contributed by atoms with Gasteiger partial charge in [-0.3, -0.25) is 9.00 Å². The molecule has 3 aromatic rings. The van der Waals surface area contributed by atoms with Crippen LogP contribution in [0.3, 0.4) is 0 Å². The van der Waals surface area contributed by atoms with E-state index < -0.39 is 28.0 Å². The Morgan fingerprint density at radius 1 is 1.02 bits per heavy atom. The molecule has 2 heterocycles. The predicted molar refractivity (Wildman–Crippen MR) is 155 cm³/mol. The lowest BCUT2D eigenvalue weighted by atomic mass is 9.88. The average Bonchev–Trinajstić information content (AvgIpc) is 3.56. The summed E-state index contributed by atoms with van der Waals surface area (Å²) in [4.78, 5) is 19.2. The molecule has 0 atom stereocenters. The topological polar surface area (TPSA) is 86.1 Å². The fraction of sp³-hybridized carbons (Fsp3) is 0.433. The van der Waals surface area contributed by atoms with E-state index in [1.54, 1.807) is 6.20 Å². The third-order valence-corrected chi connectivity index (χ3v) is 9.98. The summed E-state index contributed by atoms with van der Waals surface area (Å²) in [5.41, 5.74) is 2.09. The van der Waals surface area contributed by atoms with E-state index >= 15 is 0 Å². The Labute approximate surface area is 239 Å². The molecular formula is C30H32F2N4O2S2. The van der Waals surface area contributed by atoms with Crippen molar-refractivity contribution in [2.24, 2.45) is 5.92 Å². The van der Waals surface area contributed by atoms with Crippen molar-refractivity contribution in [3.63, 3.8) is 0 Å². The van der Waals surface area contributed by atoms with Crippen LogP contribution < -0.4 is 10.2 Å². The number of carbonyl (C=O) groups excluding carboxylic acids is 1. The van der Waals surface area contributed by atoms with Crippen LogP contribution in [0.4, 0.5) is 14.5 Å². The smallest absolute Gasteiger partial charge is 0.224 e. The highest BCUT2D eigenvalue weighted by Crippen LogP contribution is 2.36. The maximum absolute atomic E-state index is 13.4. The molecule has 1 amide bonds. The highest BCUT2D eigenvalue weighted by molar-refractivity contribution is 7.85. The van der Waals surface area contributed by atoms with Crippen molar-refractivity contribution in [1.29, 1.82) is 5.26 Å². The number of nitriles is 1. The maximum atomic E-state index is 13.4. The molecule has 2 aromatic carbocycles. The second-order valence-electron chi connectivity index (χ2n) is 10.6. The lowest BCUT2D eigenvalue weighted by Crippen LogP contribution is -2.40. The number of hydrogen-bond acceptors (Lipinski definition) is 6. The summed E-state index contributed by atoms with van der Waals surface area (Å²) in [5.74, 6) is 0.499. The fourth-order valence-corrected chi connectivity index (χ4v) is 7.00. The molecule has 6 nitrogen and oxygen atoms in total. The Kier molecular flexibility index (Phi) is 8.91. The van der Waals surface area contributed by atoms with Crippen molar-refractivity contribution in [3.8, 4) is 27.1 Å². The van der Waals surface area contributed by atoms with Crippen molar-refractivity contribution in [1.82, 2.24) is 10.3 Å². The Hall–Kier alpha value is -3.16. The van der Waals surface area contributed by atoms with Crippen molar-refractivity contribution < 1.29 is 17.8 Å². The zero-order valence-electron chi connectivity index (χ0n) is 22.2. The summed E-state index contributed by atoms with van der Waals surface area (Å²) in [6.45, 7) is 1.61. The molecule has 1 aliphatic heterocycles. The Balaban J connectivity index is 0.000000194. The third kappa shape index (κ3) is 7.12. The molecule has 2 aliphatic carbocycles. The molecule has 2 saturated carbocycles. The van der Waals surface area contributed by atoms with E-state index in [1.165, 1.54) is 29.9 Å². The first-order valence-electron chi connectivity index (χ1n) is 13.7. The van der Waals surface area contributed by atoms with Gasteiger partial charge < -0.3 is 10.2 Å². The van der Waals surface area contributed by atoms with Crippen molar-refractivity contribution in [2.75, 3.05) is 29.5 Å². The Bertz CT molecular complexity index is 1380. The minimum absolute atomic E-state index is 0.115. The number of hydrogen-bond donors (Lipinski definition) is 1. The molecule has 0 bridgehead atoms. The van der Waals surface area contributed by atoms with Crippen LogP contribution in [0.2, 0.25) is 0 Å². The van der Waals surface area contributed by atoms with Gasteiger partial charge in [-0.05, 0) is 55.5 Å². The number of anilines is 1. The second-order valence-corrected chi connectivity index (χ2v) is 13.3. The lowest BCUT2D eigenvalue weighted by Gasteiger charge is -2.28. The van der Waals surface area contributed by atoms with Gasteiger partial charge in [-0.2, -0.15) is 5.26 Å². The predicted octanol–water partition coefficient (Wildman–Crippen LogP) is 6.06. The van der Waals surface area contributed by atoms with Crippen LogP contribution >= 0.6 is 11.3 Å². The van der Waals surface area contributed by atoms with Gasteiger partial charge in [0.15, 0.2) is 0 Å². The highest BCUT2D eigenvalue weighted by atomic mass is 32.2. The first-order chi connectivity index (χ1) is 19.3. The van der Waals surface area contributed by atoms with Gasteiger partial charge >= 0.3 is 0 Å². The monoisotopic (exact) mass is 582 g/mol. The van der Waals surface area contributed by atoms with Gasteiger partial charge in [0.2, 0.25) is 5.91 Å². The summed E-state index contributed by atoms with van der Waals surface area (Å²) >= 11 is 1.40. The van der Waals surface area contributed by atoms with Crippen LogP contribution in [0.5, 0.6) is 0 Å². The van der Waals surface area contributed by atoms with Crippen molar-refractivity contribution >= 4 is 33.7 Å². The minimum atomic E-state index is -0.689. The van der Waals surface area contributed by atoms with Gasteiger partial charge in [-0.15, -0.1) is 11.3 Å². The fourth-order valence-electron chi connectivity index (χ4n) is 5.04. The Morgan fingerprint density at radius 2 is 1.68 bits per heavy atom. The van der Waals surface area contributed by atoms with E-state index in [1.807, 2.05) is 24.3 Å². The quantitative estimate of drug-likeness (QED) is 0.395. The molecule has 1 saturated heterocycles. The van der Waals surface area contributed by atoms with Crippen LogP contribution in [0.1, 0.15) is 44.9 Å². The number of thiazole rings is 1. The molecule has 0 radical (unpaired) electrons. The first-order valence-corrected chi connectivity index (χ1v) is 16.0. The van der Waals surface area contributed by atoms with Gasteiger partial charge in [0.1, 0.15) is 22.2 Å². The van der Waals surface area contributed by atoms with Crippen molar-refractivity contribution in [3.05, 3.63) is 60.3 Å². The molecule has 40 heavy (non-hydrogen) atoms. The molecule has 1 aromatic heterocycles. The van der Waals surface area contributed by atoms with Crippen LogP contribution in [0.25, 0.3) is 21.0 Å². The van der Waals surface area contributed by atoms with E-state index in [9.17, 15) is 17.8 Å². The van der Waals surface area contributed by atoms with Gasteiger partial charge in [0, 0.05) is 64.8 Å². The summed E-state index contributed by atoms with van der Waals surface area (Å²) in [6, 6.07) is 13.7. The molecule has 0 unspecified atom stereocenters. The standard InChI is InChI=1S/C19H16F2N2OS2.C11H16N2O/c20-15-9-14(10-16(21)11-15)19-22-12-18(25-19)13-1-3-17(4-2-13)23-5-7-26(24)8-6-23;12-8-11(6-7-11)13-10(14)9-4-2-1-3-5-9/h1-4,9-12H,5-8H2;9H,1-7H2,(H,13,14). The average molecular weight is 583 g/mol. The van der Waals surface area contributed by atoms with Gasteiger partial charge in [-0.1, -0.05) is 31.4 Å². The van der Waals surface area contributed by atoms with E-state index in [-0.39, 0.29) is 11.8 Å². The molecule has 1 N–H and O–H groups in total. The number of amides is 1. The number of carbonyl (C=O) groups is 1. The van der Waals surface area contributed by atoms with E-state index in [0.29, 0.717) is 22.1 Å². The summed E-state index contributed by atoms with van der Waals surface area (Å²) in [7, 11) is -0.689. The zero-order valence-corrected chi connectivity index (χ0v) is 23.8. The summed E-state index contributed by atoms with van der Waals surface area (Å²) in [5, 5.41) is 12.3. The minimum Gasteiger partial charge on any atom is -0.370 e. The first kappa shape index (κ1) is 28.4. The molecule has 10 heteroatoms. The lowest BCUT2D eigenvalue weighted by molar-refractivity contribution is -0.126. The third-order valence-electron chi connectivity index (χ3n) is 7.61. The van der Waals surface area contributed by atoms with E-state index in [4.69, 9.17) is 5.26 Å². The maximum Gasteiger partial charge on any atom is 0.224 e. The number of rotatable bonds is 5. The zero-order chi connectivity index (χ0) is 28.1. The number of nitrogens with one attached hydrogen (secondary N) is 1. The molecular weight excluding hydrogens is 550 g/mol. The second kappa shape index (κ2) is 12.6. The molecule has 3 aliphatic rings. The van der Waals surface area contributed by atoms with Gasteiger partial charge in [0.25, 0.3) is 0 Å². The Morgan fingerprint density at radius 3 is 2.27 bits per heavy atom. The number of benzene rings is 2. The molecule has 0 spiro atoms. The molecule has 210 valence electrons. The van der Waals surface area contributed by atoms with Crippen LogP contribution in [0.15, 0.2) is 48.7 Å². The SMILES string of the molecule is N#CC1(NC(=O)C2CCCCC2)CC1.O=S1CCN(c2ccc(-c3cnc(-c4cc(F)cc(F)c4)s3)cc2)CC1. The van der Waals surface area contributed by atoms with Gasteiger partial charge in [0.05, 0.1) is 10.9 Å². The number of nitrogens with zero attached hydrogens (tertiary/aromatic N) is 3. The molecule has 6 rings (SSSR count). The number of aromatic nitrogens is 1. The van der Waals surface area contributed by atoms with Crippen molar-refractivity contribution in [2.45, 2.75) is 50.5 Å². The van der Waals surface area contributed by atoms with E-state index in [2.05, 4.69) is 21.3 Å². The van der Waals surface area contributed by atoms with Gasteiger partial charge in [-0.25, -0.2) is 13.8 Å². The number of halogens is 2. The normalized spacial score (nSPS) is 18.8. The van der Waals surface area contributed by atoms with Crippen LogP contribution in [0, 0.1) is 28.9 Å². The summed E-state index contributed by atoms with van der Waals surface area (Å²) in [6.07, 6.45) is 8.99. The molecule has 3 fully saturated rings. The largest absolute Gasteiger partial charge is 0.370 e. The van der Waals surface area contributed by atoms with Crippen LogP contribution in [-0.4, -0.2) is 45.2 Å². The summed E-state index contributed by atoms with van der Waals surface area (Å²) < 4.78 is 38.3. The van der Waals surface area contributed by atoms with Crippen LogP contribution in [-0.2, 0) is 15.6 Å². The highest BCUT2D eigenvalue weighted by Gasteiger charge is 2.45. The van der Waals surface area contributed by atoms with E-state index in [0.717, 1.165) is 73.8 Å².